The molecule has 0 atom stereocenters. The average Bonchev–Trinajstić information content (AvgIpc) is 2.72. The van der Waals surface area contributed by atoms with E-state index in [-0.39, 0.29) is 5.69 Å². The zero-order valence-corrected chi connectivity index (χ0v) is 17.8. The number of sulfonamides is 1. The fourth-order valence-corrected chi connectivity index (χ4v) is 5.04. The van der Waals surface area contributed by atoms with Gasteiger partial charge >= 0.3 is 6.18 Å². The second kappa shape index (κ2) is 8.22. The highest BCUT2D eigenvalue weighted by Crippen LogP contribution is 2.34. The van der Waals surface area contributed by atoms with Crippen LogP contribution in [0, 0.1) is 5.82 Å². The van der Waals surface area contributed by atoms with Crippen molar-refractivity contribution < 1.29 is 26.0 Å². The summed E-state index contributed by atoms with van der Waals surface area (Å²) in [4.78, 5) is 3.98. The van der Waals surface area contributed by atoms with E-state index in [2.05, 4.69) is 9.71 Å². The van der Waals surface area contributed by atoms with Gasteiger partial charge in [0.05, 0.1) is 16.3 Å². The molecule has 4 rings (SSSR count). The van der Waals surface area contributed by atoms with Gasteiger partial charge in [0, 0.05) is 23.4 Å². The van der Waals surface area contributed by atoms with Crippen LogP contribution in [0.15, 0.2) is 70.6 Å². The topological polar surface area (TPSA) is 58.5 Å². The van der Waals surface area contributed by atoms with Crippen LogP contribution in [0.25, 0.3) is 0 Å². The number of rotatable bonds is 4. The summed E-state index contributed by atoms with van der Waals surface area (Å²) in [5, 5.41) is -0.551. The lowest BCUT2D eigenvalue weighted by molar-refractivity contribution is -0.137. The second-order valence-corrected chi connectivity index (χ2v) is 9.17. The summed E-state index contributed by atoms with van der Waals surface area (Å²) in [5.74, 6) is -0.410. The minimum atomic E-state index is -4.65. The highest BCUT2D eigenvalue weighted by Gasteiger charge is 2.32. The SMILES string of the molecule is O=S(=O)(Nc1cccc(C2=NCCc3ccc(F)cc32)c1)c1ccc(C(F)(F)F)cc1Cl. The summed E-state index contributed by atoms with van der Waals surface area (Å²) in [6.07, 6.45) is -3.98. The average molecular weight is 483 g/mol. The number of benzene rings is 3. The first-order chi connectivity index (χ1) is 15.0. The molecule has 1 N–H and O–H groups in total. The lowest BCUT2D eigenvalue weighted by Gasteiger charge is -2.18. The van der Waals surface area contributed by atoms with Crippen LogP contribution in [-0.2, 0) is 22.6 Å². The quantitative estimate of drug-likeness (QED) is 0.485. The molecule has 3 aromatic rings. The molecule has 3 aromatic carbocycles. The molecule has 0 radical (unpaired) electrons. The van der Waals surface area contributed by atoms with E-state index in [1.165, 1.54) is 24.3 Å². The summed E-state index contributed by atoms with van der Waals surface area (Å²) in [5.41, 5.74) is 1.75. The molecule has 0 saturated heterocycles. The first-order valence-electron chi connectivity index (χ1n) is 9.38. The van der Waals surface area contributed by atoms with E-state index >= 15 is 0 Å². The maximum absolute atomic E-state index is 13.8. The standard InChI is InChI=1S/C22H15ClF4N2O2S/c23-19-11-15(22(25,26)27)5-7-20(19)32(30,31)29-17-3-1-2-14(10-17)21-18-12-16(24)6-4-13(18)8-9-28-21/h1-7,10-12,29H,8-9H2. The van der Waals surface area contributed by atoms with Crippen molar-refractivity contribution in [1.82, 2.24) is 0 Å². The smallest absolute Gasteiger partial charge is 0.284 e. The van der Waals surface area contributed by atoms with Gasteiger partial charge in [0.15, 0.2) is 0 Å². The Hall–Kier alpha value is -2.91. The van der Waals surface area contributed by atoms with Crippen LogP contribution in [0.3, 0.4) is 0 Å². The molecule has 4 nitrogen and oxygen atoms in total. The first kappa shape index (κ1) is 22.3. The molecule has 32 heavy (non-hydrogen) atoms. The third kappa shape index (κ3) is 4.49. The molecular weight excluding hydrogens is 468 g/mol. The van der Waals surface area contributed by atoms with E-state index in [0.717, 1.165) is 11.6 Å². The maximum atomic E-state index is 13.8. The van der Waals surface area contributed by atoms with Gasteiger partial charge in [0.2, 0.25) is 0 Å². The van der Waals surface area contributed by atoms with Crippen LogP contribution in [0.4, 0.5) is 23.2 Å². The Bertz CT molecular complexity index is 1340. The van der Waals surface area contributed by atoms with Crippen LogP contribution in [0.5, 0.6) is 0 Å². The maximum Gasteiger partial charge on any atom is 0.416 e. The molecular formula is C22H15ClF4N2O2S. The molecule has 0 spiro atoms. The van der Waals surface area contributed by atoms with Gasteiger partial charge < -0.3 is 0 Å². The summed E-state index contributed by atoms with van der Waals surface area (Å²) in [7, 11) is -4.27. The molecule has 1 aliphatic rings. The van der Waals surface area contributed by atoms with Gasteiger partial charge in [0.25, 0.3) is 10.0 Å². The van der Waals surface area contributed by atoms with Crippen LogP contribution in [0.1, 0.15) is 22.3 Å². The zero-order chi connectivity index (χ0) is 23.1. The van der Waals surface area contributed by atoms with Gasteiger partial charge in [-0.05, 0) is 54.4 Å². The molecule has 10 heteroatoms. The zero-order valence-electron chi connectivity index (χ0n) is 16.2. The number of hydrogen-bond acceptors (Lipinski definition) is 3. The van der Waals surface area contributed by atoms with Crippen LogP contribution in [0.2, 0.25) is 5.02 Å². The van der Waals surface area contributed by atoms with Crippen molar-refractivity contribution in [1.29, 1.82) is 0 Å². The fraction of sp³-hybridized carbons (Fsp3) is 0.136. The van der Waals surface area contributed by atoms with Crippen molar-refractivity contribution in [3.05, 3.63) is 93.8 Å². The molecule has 0 amide bonds. The van der Waals surface area contributed by atoms with E-state index in [0.29, 0.717) is 41.9 Å². The van der Waals surface area contributed by atoms with E-state index < -0.39 is 37.5 Å². The van der Waals surface area contributed by atoms with Crippen molar-refractivity contribution in [3.63, 3.8) is 0 Å². The Balaban J connectivity index is 1.66. The molecule has 1 aliphatic heterocycles. The number of nitrogens with one attached hydrogen (secondary N) is 1. The van der Waals surface area contributed by atoms with Crippen LogP contribution in [-0.4, -0.2) is 20.7 Å². The Labute approximate surface area is 186 Å². The monoisotopic (exact) mass is 482 g/mol. The second-order valence-electron chi connectivity index (χ2n) is 7.11. The largest absolute Gasteiger partial charge is 0.416 e. The number of anilines is 1. The van der Waals surface area contributed by atoms with E-state index in [1.807, 2.05) is 0 Å². The van der Waals surface area contributed by atoms with Gasteiger partial charge in [0.1, 0.15) is 10.7 Å². The van der Waals surface area contributed by atoms with E-state index in [9.17, 15) is 26.0 Å². The van der Waals surface area contributed by atoms with Gasteiger partial charge in [-0.2, -0.15) is 13.2 Å². The van der Waals surface area contributed by atoms with Crippen molar-refractivity contribution in [2.45, 2.75) is 17.5 Å². The summed E-state index contributed by atoms with van der Waals surface area (Å²) < 4.78 is 80.1. The minimum Gasteiger partial charge on any atom is -0.284 e. The predicted molar refractivity (Wildman–Crippen MR) is 114 cm³/mol. The van der Waals surface area contributed by atoms with Crippen molar-refractivity contribution >= 4 is 33.0 Å². The molecule has 0 fully saturated rings. The molecule has 0 bridgehead atoms. The Kier molecular flexibility index (Phi) is 5.72. The molecule has 0 saturated carbocycles. The molecule has 166 valence electrons. The molecule has 0 aromatic heterocycles. The van der Waals surface area contributed by atoms with Gasteiger partial charge in [-0.1, -0.05) is 29.8 Å². The highest BCUT2D eigenvalue weighted by atomic mass is 35.5. The van der Waals surface area contributed by atoms with Crippen LogP contribution < -0.4 is 4.72 Å². The Morgan fingerprint density at radius 2 is 1.78 bits per heavy atom. The summed E-state index contributed by atoms with van der Waals surface area (Å²) in [6.45, 7) is 0.505. The lowest BCUT2D eigenvalue weighted by Crippen LogP contribution is -2.16. The van der Waals surface area contributed by atoms with Gasteiger partial charge in [-0.25, -0.2) is 12.8 Å². The van der Waals surface area contributed by atoms with Crippen molar-refractivity contribution in [2.75, 3.05) is 11.3 Å². The number of aliphatic imine (C=N–C) groups is 1. The minimum absolute atomic E-state index is 0.157. The first-order valence-corrected chi connectivity index (χ1v) is 11.2. The fourth-order valence-electron chi connectivity index (χ4n) is 3.44. The predicted octanol–water partition coefficient (Wildman–Crippen LogP) is 5.69. The van der Waals surface area contributed by atoms with Crippen molar-refractivity contribution in [2.24, 2.45) is 4.99 Å². The van der Waals surface area contributed by atoms with Crippen molar-refractivity contribution in [3.8, 4) is 0 Å². The van der Waals surface area contributed by atoms with Crippen LogP contribution >= 0.6 is 11.6 Å². The Morgan fingerprint density at radius 1 is 1.00 bits per heavy atom. The summed E-state index contributed by atoms with van der Waals surface area (Å²) >= 11 is 5.84. The van der Waals surface area contributed by atoms with E-state index in [1.54, 1.807) is 18.2 Å². The van der Waals surface area contributed by atoms with E-state index in [4.69, 9.17) is 11.6 Å². The summed E-state index contributed by atoms with van der Waals surface area (Å²) in [6, 6.07) is 12.8. The number of fused-ring (bicyclic) bond motifs is 1. The number of hydrogen-bond donors (Lipinski definition) is 1. The lowest BCUT2D eigenvalue weighted by atomic mass is 9.93. The number of alkyl halides is 3. The third-order valence-corrected chi connectivity index (χ3v) is 6.78. The highest BCUT2D eigenvalue weighted by molar-refractivity contribution is 7.92. The Morgan fingerprint density at radius 3 is 2.50 bits per heavy atom. The van der Waals surface area contributed by atoms with Gasteiger partial charge in [-0.3, -0.25) is 9.71 Å². The molecule has 0 aliphatic carbocycles. The third-order valence-electron chi connectivity index (χ3n) is 4.92. The molecule has 0 unspecified atom stereocenters. The van der Waals surface area contributed by atoms with Gasteiger partial charge in [-0.15, -0.1) is 0 Å². The number of halogens is 5. The molecule has 1 heterocycles. The number of nitrogens with zero attached hydrogens (tertiary/aromatic N) is 1. The normalized spacial score (nSPS) is 14.0.